The number of nitrogens with one attached hydrogen (secondary N) is 1. The van der Waals surface area contributed by atoms with E-state index >= 15 is 0 Å². The molecule has 2 fully saturated rings. The normalized spacial score (nSPS) is 18.5. The molecule has 1 aromatic heterocycles. The van der Waals surface area contributed by atoms with Gasteiger partial charge in [0, 0.05) is 31.7 Å². The highest BCUT2D eigenvalue weighted by Crippen LogP contribution is 2.29. The molecule has 0 bridgehead atoms. The smallest absolute Gasteiger partial charge is 0.233 e. The molecule has 0 radical (unpaired) electrons. The maximum absolute atomic E-state index is 12.6. The van der Waals surface area contributed by atoms with E-state index in [4.69, 9.17) is 4.74 Å². The lowest BCUT2D eigenvalue weighted by molar-refractivity contribution is -0.127. The van der Waals surface area contributed by atoms with Crippen molar-refractivity contribution in [2.45, 2.75) is 23.6 Å². The zero-order chi connectivity index (χ0) is 21.8. The molecule has 0 spiro atoms. The van der Waals surface area contributed by atoms with Crippen LogP contribution in [-0.4, -0.2) is 65.3 Å². The van der Waals surface area contributed by atoms with Crippen LogP contribution in [-0.2, 0) is 14.4 Å². The average Bonchev–Trinajstić information content (AvgIpc) is 3.53. The summed E-state index contributed by atoms with van der Waals surface area (Å²) in [6, 6.07) is 7.17. The number of rotatable bonds is 7. The number of ether oxygens (including phenoxy) is 1. The van der Waals surface area contributed by atoms with Gasteiger partial charge in [0.15, 0.2) is 4.34 Å². The molecule has 31 heavy (non-hydrogen) atoms. The van der Waals surface area contributed by atoms with Crippen LogP contribution < -0.4 is 15.0 Å². The molecule has 3 heterocycles. The fraction of sp³-hybridized carbons (Fsp3) is 0.450. The highest BCUT2D eigenvalue weighted by molar-refractivity contribution is 8.01. The third-order valence-corrected chi connectivity index (χ3v) is 7.25. The van der Waals surface area contributed by atoms with Crippen LogP contribution >= 0.6 is 23.1 Å². The maximum Gasteiger partial charge on any atom is 0.233 e. The number of nitrogens with zero attached hydrogens (tertiary/aromatic N) is 4. The topological polar surface area (TPSA) is 105 Å². The molecule has 1 atom stereocenters. The van der Waals surface area contributed by atoms with Crippen molar-refractivity contribution in [1.29, 1.82) is 0 Å². The second kappa shape index (κ2) is 9.65. The minimum absolute atomic E-state index is 0.0979. The highest BCUT2D eigenvalue weighted by atomic mass is 32.2. The molecule has 164 valence electrons. The number of benzene rings is 1. The number of hydrogen-bond acceptors (Lipinski definition) is 8. The van der Waals surface area contributed by atoms with E-state index in [1.165, 1.54) is 23.1 Å². The molecule has 2 aliphatic heterocycles. The maximum atomic E-state index is 12.6. The number of amides is 3. The quantitative estimate of drug-likeness (QED) is 0.498. The van der Waals surface area contributed by atoms with Gasteiger partial charge in [0.1, 0.15) is 5.75 Å². The van der Waals surface area contributed by atoms with E-state index in [1.807, 2.05) is 4.90 Å². The van der Waals surface area contributed by atoms with Crippen LogP contribution in [0.5, 0.6) is 5.75 Å². The summed E-state index contributed by atoms with van der Waals surface area (Å²) >= 11 is 2.56. The first-order valence-electron chi connectivity index (χ1n) is 10.0. The molecule has 1 N–H and O–H groups in total. The lowest BCUT2D eigenvalue weighted by atomic mass is 10.1. The molecule has 3 amide bonds. The Kier molecular flexibility index (Phi) is 6.71. The van der Waals surface area contributed by atoms with E-state index in [0.717, 1.165) is 31.6 Å². The Labute approximate surface area is 188 Å². The summed E-state index contributed by atoms with van der Waals surface area (Å²) in [7, 11) is 1.58. The Morgan fingerprint density at radius 1 is 1.23 bits per heavy atom. The van der Waals surface area contributed by atoms with Crippen LogP contribution in [0.4, 0.5) is 10.8 Å². The van der Waals surface area contributed by atoms with Gasteiger partial charge in [-0.25, -0.2) is 0 Å². The lowest BCUT2D eigenvalue weighted by Crippen LogP contribution is -2.29. The summed E-state index contributed by atoms with van der Waals surface area (Å²) in [5, 5.41) is 11.2. The van der Waals surface area contributed by atoms with E-state index in [-0.39, 0.29) is 24.1 Å². The van der Waals surface area contributed by atoms with Gasteiger partial charge < -0.3 is 19.9 Å². The molecule has 4 rings (SSSR count). The number of carbonyl (C=O) groups excluding carboxylic acids is 3. The molecule has 2 saturated heterocycles. The van der Waals surface area contributed by atoms with Crippen LogP contribution in [0.1, 0.15) is 19.3 Å². The summed E-state index contributed by atoms with van der Waals surface area (Å²) < 4.78 is 5.77. The standard InChI is InChI=1S/C20H23N5O4S2/c1-29-15-6-4-14(5-7-15)25-11-13(10-16(25)26)18(28)21-19-22-23-20(31-19)30-12-17(27)24-8-2-3-9-24/h4-7,13H,2-3,8-12H2,1H3,(H,21,22,28)/t13-/m0/s1. The van der Waals surface area contributed by atoms with Crippen LogP contribution in [0.2, 0.25) is 0 Å². The molecule has 2 aromatic rings. The number of methoxy groups -OCH3 is 1. The molecule has 0 aliphatic carbocycles. The van der Waals surface area contributed by atoms with Gasteiger partial charge in [0.25, 0.3) is 0 Å². The van der Waals surface area contributed by atoms with Gasteiger partial charge in [0.05, 0.1) is 18.8 Å². The van der Waals surface area contributed by atoms with Gasteiger partial charge in [-0.1, -0.05) is 23.1 Å². The molecular weight excluding hydrogens is 438 g/mol. The molecule has 1 aromatic carbocycles. The Bertz CT molecular complexity index is 959. The summed E-state index contributed by atoms with van der Waals surface area (Å²) in [4.78, 5) is 40.7. The average molecular weight is 462 g/mol. The zero-order valence-electron chi connectivity index (χ0n) is 17.1. The van der Waals surface area contributed by atoms with E-state index in [0.29, 0.717) is 27.5 Å². The Balaban J connectivity index is 1.29. The van der Waals surface area contributed by atoms with E-state index in [2.05, 4.69) is 15.5 Å². The third-order valence-electron chi connectivity index (χ3n) is 5.29. The van der Waals surface area contributed by atoms with Gasteiger partial charge in [-0.2, -0.15) is 0 Å². The van der Waals surface area contributed by atoms with Crippen molar-refractivity contribution in [3.63, 3.8) is 0 Å². The number of aromatic nitrogens is 2. The number of hydrogen-bond donors (Lipinski definition) is 1. The van der Waals surface area contributed by atoms with Crippen molar-refractivity contribution < 1.29 is 19.1 Å². The molecule has 9 nitrogen and oxygen atoms in total. The zero-order valence-corrected chi connectivity index (χ0v) is 18.7. The summed E-state index contributed by atoms with van der Waals surface area (Å²) in [6.45, 7) is 1.96. The van der Waals surface area contributed by atoms with Gasteiger partial charge in [-0.05, 0) is 37.1 Å². The van der Waals surface area contributed by atoms with Crippen LogP contribution in [0.25, 0.3) is 0 Å². The van der Waals surface area contributed by atoms with Gasteiger partial charge in [-0.3, -0.25) is 14.4 Å². The monoisotopic (exact) mass is 461 g/mol. The van der Waals surface area contributed by atoms with Gasteiger partial charge >= 0.3 is 0 Å². The first-order chi connectivity index (χ1) is 15.0. The van der Waals surface area contributed by atoms with E-state index in [1.54, 1.807) is 36.3 Å². The molecule has 0 saturated carbocycles. The van der Waals surface area contributed by atoms with Crippen molar-refractivity contribution in [1.82, 2.24) is 15.1 Å². The molecule has 2 aliphatic rings. The molecular formula is C20H23N5O4S2. The molecule has 0 unspecified atom stereocenters. The summed E-state index contributed by atoms with van der Waals surface area (Å²) in [6.07, 6.45) is 2.26. The van der Waals surface area contributed by atoms with Crippen molar-refractivity contribution >= 4 is 51.6 Å². The van der Waals surface area contributed by atoms with Crippen LogP contribution in [0, 0.1) is 5.92 Å². The third kappa shape index (κ3) is 5.16. The minimum atomic E-state index is -0.466. The van der Waals surface area contributed by atoms with Gasteiger partial charge in [-0.15, -0.1) is 10.2 Å². The van der Waals surface area contributed by atoms with E-state index < -0.39 is 5.92 Å². The predicted octanol–water partition coefficient (Wildman–Crippen LogP) is 2.25. The molecule has 11 heteroatoms. The SMILES string of the molecule is COc1ccc(N2C[C@@H](C(=O)Nc3nnc(SCC(=O)N4CCCC4)s3)CC2=O)cc1. The highest BCUT2D eigenvalue weighted by Gasteiger charge is 2.35. The van der Waals surface area contributed by atoms with Crippen molar-refractivity contribution in [3.05, 3.63) is 24.3 Å². The lowest BCUT2D eigenvalue weighted by Gasteiger charge is -2.16. The second-order valence-electron chi connectivity index (χ2n) is 7.34. The summed E-state index contributed by atoms with van der Waals surface area (Å²) in [5.41, 5.74) is 0.735. The van der Waals surface area contributed by atoms with Crippen LogP contribution in [0.15, 0.2) is 28.6 Å². The first kappa shape index (κ1) is 21.6. The predicted molar refractivity (Wildman–Crippen MR) is 119 cm³/mol. The Morgan fingerprint density at radius 3 is 2.68 bits per heavy atom. The number of likely N-dealkylation sites (tertiary alicyclic amines) is 1. The fourth-order valence-corrected chi connectivity index (χ4v) is 5.26. The fourth-order valence-electron chi connectivity index (χ4n) is 3.60. The Hall–Kier alpha value is -2.66. The van der Waals surface area contributed by atoms with Crippen molar-refractivity contribution in [2.24, 2.45) is 5.92 Å². The summed E-state index contributed by atoms with van der Waals surface area (Å²) in [5.74, 6) is 0.301. The number of thioether (sulfide) groups is 1. The largest absolute Gasteiger partial charge is 0.497 e. The van der Waals surface area contributed by atoms with Gasteiger partial charge in [0.2, 0.25) is 22.9 Å². The van der Waals surface area contributed by atoms with Crippen molar-refractivity contribution in [3.8, 4) is 5.75 Å². The first-order valence-corrected chi connectivity index (χ1v) is 11.8. The second-order valence-corrected chi connectivity index (χ2v) is 9.54. The number of anilines is 2. The minimum Gasteiger partial charge on any atom is -0.497 e. The van der Waals surface area contributed by atoms with Crippen LogP contribution in [0.3, 0.4) is 0 Å². The Morgan fingerprint density at radius 2 is 1.97 bits per heavy atom. The van der Waals surface area contributed by atoms with E-state index in [9.17, 15) is 14.4 Å². The number of carbonyl (C=O) groups is 3. The van der Waals surface area contributed by atoms with Crippen molar-refractivity contribution in [2.75, 3.05) is 42.7 Å².